The molecule has 3 rings (SSSR count). The van der Waals surface area contributed by atoms with Crippen LogP contribution in [0.5, 0.6) is 17.2 Å². The summed E-state index contributed by atoms with van der Waals surface area (Å²) in [6.07, 6.45) is 4.74. The highest BCUT2D eigenvalue weighted by Crippen LogP contribution is 2.35. The van der Waals surface area contributed by atoms with Crippen molar-refractivity contribution < 1.29 is 28.5 Å². The molecule has 1 heterocycles. The summed E-state index contributed by atoms with van der Waals surface area (Å²) in [4.78, 5) is 27.0. The fourth-order valence-corrected chi connectivity index (χ4v) is 4.32. The summed E-state index contributed by atoms with van der Waals surface area (Å²) in [5.41, 5.74) is 1.56. The Hall–Kier alpha value is -3.14. The molecule has 1 aliphatic heterocycles. The van der Waals surface area contributed by atoms with E-state index in [0.717, 1.165) is 16.9 Å². The monoisotopic (exact) mass is 499 g/mol. The minimum absolute atomic E-state index is 0.163. The maximum absolute atomic E-state index is 12.7. The average molecular weight is 500 g/mol. The lowest BCUT2D eigenvalue weighted by Gasteiger charge is -2.13. The normalized spacial score (nSPS) is 14.8. The van der Waals surface area contributed by atoms with E-state index >= 15 is 0 Å². The van der Waals surface area contributed by atoms with Crippen molar-refractivity contribution >= 4 is 52.3 Å². The number of thiocarbonyl (C=S) groups is 1. The summed E-state index contributed by atoms with van der Waals surface area (Å²) < 4.78 is 21.8. The van der Waals surface area contributed by atoms with Crippen LogP contribution in [0.3, 0.4) is 0 Å². The van der Waals surface area contributed by atoms with Crippen molar-refractivity contribution in [2.75, 3.05) is 34.0 Å². The number of carbonyl (C=O) groups excluding carboxylic acids is 2. The number of methoxy groups -OCH3 is 2. The second-order valence-electron chi connectivity index (χ2n) is 6.99. The van der Waals surface area contributed by atoms with E-state index in [0.29, 0.717) is 34.7 Å². The number of nitrogens with zero attached hydrogens (tertiary/aromatic N) is 1. The first-order valence-corrected chi connectivity index (χ1v) is 11.7. The molecular weight excluding hydrogens is 474 g/mol. The van der Waals surface area contributed by atoms with Crippen LogP contribution in [-0.2, 0) is 14.3 Å². The second kappa shape index (κ2) is 12.4. The van der Waals surface area contributed by atoms with Crippen molar-refractivity contribution in [1.82, 2.24) is 4.90 Å². The maximum atomic E-state index is 12.7. The fraction of sp³-hybridized carbons (Fsp3) is 0.240. The third kappa shape index (κ3) is 6.69. The number of amides is 1. The SMILES string of the molecule is CCOc1cc(C=C2SC(=S)N(CCOC)C2=O)ccc1OC(=O)C=Cc1ccc(OC)cc1. The molecule has 0 aromatic heterocycles. The Balaban J connectivity index is 1.73. The Bertz CT molecular complexity index is 1110. The molecule has 0 radical (unpaired) electrons. The lowest BCUT2D eigenvalue weighted by atomic mass is 10.2. The second-order valence-corrected chi connectivity index (χ2v) is 8.67. The molecule has 0 saturated carbocycles. The van der Waals surface area contributed by atoms with Gasteiger partial charge < -0.3 is 18.9 Å². The van der Waals surface area contributed by atoms with Crippen molar-refractivity contribution in [1.29, 1.82) is 0 Å². The summed E-state index contributed by atoms with van der Waals surface area (Å²) >= 11 is 6.55. The Morgan fingerprint density at radius 3 is 2.50 bits per heavy atom. The van der Waals surface area contributed by atoms with Crippen molar-refractivity contribution in [2.24, 2.45) is 0 Å². The highest BCUT2D eigenvalue weighted by atomic mass is 32.2. The summed E-state index contributed by atoms with van der Waals surface area (Å²) in [6.45, 7) is 3.03. The third-order valence-corrected chi connectivity index (χ3v) is 6.07. The van der Waals surface area contributed by atoms with Gasteiger partial charge in [0.2, 0.25) is 0 Å². The average Bonchev–Trinajstić information content (AvgIpc) is 3.10. The van der Waals surface area contributed by atoms with Crippen molar-refractivity contribution in [3.8, 4) is 17.2 Å². The van der Waals surface area contributed by atoms with Crippen molar-refractivity contribution in [3.63, 3.8) is 0 Å². The topological polar surface area (TPSA) is 74.3 Å². The zero-order valence-corrected chi connectivity index (χ0v) is 20.7. The Morgan fingerprint density at radius 2 is 1.82 bits per heavy atom. The molecule has 34 heavy (non-hydrogen) atoms. The molecule has 1 fully saturated rings. The molecule has 7 nitrogen and oxygen atoms in total. The standard InChI is InChI=1S/C25H25NO6S2/c1-4-31-21-15-18(16-22-24(28)26(13-14-29-2)25(33)34-22)7-11-20(21)32-23(27)12-8-17-5-9-19(30-3)10-6-17/h5-12,15-16H,4,13-14H2,1-3H3. The number of thioether (sulfide) groups is 1. The first-order valence-electron chi connectivity index (χ1n) is 10.5. The molecule has 0 spiro atoms. The Kier molecular flexibility index (Phi) is 9.26. The van der Waals surface area contributed by atoms with E-state index in [1.807, 2.05) is 31.2 Å². The maximum Gasteiger partial charge on any atom is 0.336 e. The molecule has 1 aliphatic rings. The summed E-state index contributed by atoms with van der Waals surface area (Å²) in [7, 11) is 3.17. The van der Waals surface area contributed by atoms with Crippen molar-refractivity contribution in [2.45, 2.75) is 6.92 Å². The fourth-order valence-electron chi connectivity index (χ4n) is 3.02. The predicted octanol–water partition coefficient (Wildman–Crippen LogP) is 4.56. The van der Waals surface area contributed by atoms with Gasteiger partial charge in [0.1, 0.15) is 10.1 Å². The lowest BCUT2D eigenvalue weighted by molar-refractivity contribution is -0.129. The van der Waals surface area contributed by atoms with Crippen molar-refractivity contribution in [3.05, 3.63) is 64.6 Å². The van der Waals surface area contributed by atoms with Crippen LogP contribution < -0.4 is 14.2 Å². The van der Waals surface area contributed by atoms with Crippen LogP contribution in [0.2, 0.25) is 0 Å². The molecule has 178 valence electrons. The summed E-state index contributed by atoms with van der Waals surface area (Å²) in [6, 6.07) is 12.4. The molecule has 1 saturated heterocycles. The highest BCUT2D eigenvalue weighted by Gasteiger charge is 2.31. The molecule has 0 atom stereocenters. The van der Waals surface area contributed by atoms with Crippen LogP contribution in [0.15, 0.2) is 53.4 Å². The number of hydrogen-bond acceptors (Lipinski definition) is 8. The van der Waals surface area contributed by atoms with E-state index in [9.17, 15) is 9.59 Å². The van der Waals surface area contributed by atoms with Crippen LogP contribution >= 0.6 is 24.0 Å². The number of benzene rings is 2. The van der Waals surface area contributed by atoms with Crippen LogP contribution in [0.4, 0.5) is 0 Å². The van der Waals surface area contributed by atoms with Gasteiger partial charge in [0.05, 0.1) is 31.8 Å². The Labute approximate surface area is 208 Å². The van der Waals surface area contributed by atoms with Crippen LogP contribution in [-0.4, -0.2) is 55.1 Å². The predicted molar refractivity (Wildman–Crippen MR) is 137 cm³/mol. The Morgan fingerprint density at radius 1 is 1.09 bits per heavy atom. The number of ether oxygens (including phenoxy) is 4. The molecular formula is C25H25NO6S2. The number of carbonyl (C=O) groups is 2. The van der Waals surface area contributed by atoms with Crippen LogP contribution in [0, 0.1) is 0 Å². The summed E-state index contributed by atoms with van der Waals surface area (Å²) in [5, 5.41) is 0. The van der Waals surface area contributed by atoms with Gasteiger partial charge in [-0.2, -0.15) is 0 Å². The van der Waals surface area contributed by atoms with E-state index in [-0.39, 0.29) is 11.7 Å². The van der Waals surface area contributed by atoms with E-state index in [2.05, 4.69) is 0 Å². The van der Waals surface area contributed by atoms with Gasteiger partial charge in [-0.15, -0.1) is 0 Å². The zero-order chi connectivity index (χ0) is 24.5. The zero-order valence-electron chi connectivity index (χ0n) is 19.1. The van der Waals surface area contributed by atoms with Gasteiger partial charge in [-0.3, -0.25) is 9.69 Å². The van der Waals surface area contributed by atoms with E-state index in [1.165, 1.54) is 22.7 Å². The molecule has 2 aromatic carbocycles. The molecule has 0 N–H and O–H groups in total. The number of rotatable bonds is 10. The first-order chi connectivity index (χ1) is 16.4. The van der Waals surface area contributed by atoms with Gasteiger partial charge in [0.25, 0.3) is 5.91 Å². The third-order valence-electron chi connectivity index (χ3n) is 4.70. The smallest absolute Gasteiger partial charge is 0.336 e. The van der Waals surface area contributed by atoms with E-state index < -0.39 is 5.97 Å². The molecule has 2 aromatic rings. The van der Waals surface area contributed by atoms with E-state index in [4.69, 9.17) is 31.2 Å². The van der Waals surface area contributed by atoms with Crippen LogP contribution in [0.1, 0.15) is 18.1 Å². The number of hydrogen-bond donors (Lipinski definition) is 0. The quantitative estimate of drug-likeness (QED) is 0.204. The highest BCUT2D eigenvalue weighted by molar-refractivity contribution is 8.26. The van der Waals surface area contributed by atoms with E-state index in [1.54, 1.807) is 44.6 Å². The minimum Gasteiger partial charge on any atom is -0.497 e. The summed E-state index contributed by atoms with van der Waals surface area (Å²) in [5.74, 6) is 0.722. The largest absolute Gasteiger partial charge is 0.497 e. The van der Waals surface area contributed by atoms with Gasteiger partial charge in [-0.05, 0) is 54.5 Å². The van der Waals surface area contributed by atoms with Gasteiger partial charge in [-0.1, -0.05) is 42.2 Å². The van der Waals surface area contributed by atoms with Gasteiger partial charge >= 0.3 is 5.97 Å². The number of esters is 1. The molecule has 9 heteroatoms. The molecule has 0 bridgehead atoms. The molecule has 0 aliphatic carbocycles. The molecule has 1 amide bonds. The lowest BCUT2D eigenvalue weighted by Crippen LogP contribution is -2.31. The minimum atomic E-state index is -0.538. The van der Waals surface area contributed by atoms with Gasteiger partial charge in [0, 0.05) is 13.2 Å². The first kappa shape index (κ1) is 25.5. The van der Waals surface area contributed by atoms with Crippen LogP contribution in [0.25, 0.3) is 12.2 Å². The van der Waals surface area contributed by atoms with Gasteiger partial charge in [0.15, 0.2) is 11.5 Å². The molecule has 0 unspecified atom stereocenters. The van der Waals surface area contributed by atoms with Gasteiger partial charge in [-0.25, -0.2) is 4.79 Å².